The molecule has 6 aromatic rings. The van der Waals surface area contributed by atoms with Crippen molar-refractivity contribution in [2.45, 2.75) is 15.2 Å². The highest BCUT2D eigenvalue weighted by molar-refractivity contribution is 7.80. The normalized spacial score (nSPS) is 13.1. The molecule has 0 aliphatic heterocycles. The van der Waals surface area contributed by atoms with Gasteiger partial charge in [-0.15, -0.1) is 25.3 Å². The van der Waals surface area contributed by atoms with Crippen molar-refractivity contribution in [2.24, 2.45) is 0 Å². The first kappa shape index (κ1) is 24.1. The third-order valence-electron chi connectivity index (χ3n) is 8.00. The number of benzene rings is 6. The Kier molecular flexibility index (Phi) is 5.96. The summed E-state index contributed by atoms with van der Waals surface area (Å²) >= 11 is 10.6. The van der Waals surface area contributed by atoms with Crippen LogP contribution in [0.25, 0.3) is 33.4 Å². The standard InChI is InChI=1S/C37H26S2/c38-35-27(25-13-3-1-4-14-25)19-11-23-33(35)37(31-21-9-7-17-29(31)30-18-8-10-22-32(30)37)34-24-12-20-28(36(34)39)26-15-5-2-6-16-26/h1-24,38-39H. The topological polar surface area (TPSA) is 0 Å². The van der Waals surface area contributed by atoms with Crippen LogP contribution in [-0.2, 0) is 5.41 Å². The van der Waals surface area contributed by atoms with Crippen molar-refractivity contribution in [1.82, 2.24) is 0 Å². The lowest BCUT2D eigenvalue weighted by molar-refractivity contribution is 0.734. The molecule has 0 aromatic heterocycles. The summed E-state index contributed by atoms with van der Waals surface area (Å²) in [6.45, 7) is 0. The van der Waals surface area contributed by atoms with Crippen LogP contribution in [0.3, 0.4) is 0 Å². The summed E-state index contributed by atoms with van der Waals surface area (Å²) in [6, 6.07) is 51.8. The molecule has 186 valence electrons. The van der Waals surface area contributed by atoms with Crippen LogP contribution in [0.2, 0.25) is 0 Å². The number of thiol groups is 2. The molecule has 0 bridgehead atoms. The lowest BCUT2D eigenvalue weighted by atomic mass is 9.67. The first-order valence-electron chi connectivity index (χ1n) is 13.2. The van der Waals surface area contributed by atoms with E-state index in [0.29, 0.717) is 0 Å². The zero-order valence-corrected chi connectivity index (χ0v) is 23.0. The molecule has 1 aliphatic rings. The molecule has 0 unspecified atom stereocenters. The highest BCUT2D eigenvalue weighted by Crippen LogP contribution is 2.59. The predicted octanol–water partition coefficient (Wildman–Crippen LogP) is 9.96. The number of hydrogen-bond donors (Lipinski definition) is 2. The maximum absolute atomic E-state index is 5.29. The van der Waals surface area contributed by atoms with E-state index in [2.05, 4.69) is 146 Å². The third kappa shape index (κ3) is 3.63. The van der Waals surface area contributed by atoms with Crippen LogP contribution >= 0.6 is 25.3 Å². The Morgan fingerprint density at radius 2 is 0.641 bits per heavy atom. The van der Waals surface area contributed by atoms with Crippen LogP contribution in [-0.4, -0.2) is 0 Å². The maximum Gasteiger partial charge on any atom is 0.0735 e. The molecule has 2 heteroatoms. The molecule has 39 heavy (non-hydrogen) atoms. The van der Waals surface area contributed by atoms with E-state index in [9.17, 15) is 0 Å². The molecule has 0 heterocycles. The van der Waals surface area contributed by atoms with Crippen molar-refractivity contribution in [2.75, 3.05) is 0 Å². The Morgan fingerprint density at radius 3 is 1.08 bits per heavy atom. The van der Waals surface area contributed by atoms with Gasteiger partial charge in [0.05, 0.1) is 5.41 Å². The summed E-state index contributed by atoms with van der Waals surface area (Å²) in [6.07, 6.45) is 0. The summed E-state index contributed by atoms with van der Waals surface area (Å²) in [5.41, 5.74) is 11.3. The molecule has 0 saturated carbocycles. The molecular weight excluding hydrogens is 509 g/mol. The van der Waals surface area contributed by atoms with Crippen LogP contribution in [0, 0.1) is 0 Å². The molecule has 7 rings (SSSR count). The van der Waals surface area contributed by atoms with Gasteiger partial charge in [-0.05, 0) is 55.6 Å². The minimum Gasteiger partial charge on any atom is -0.142 e. The smallest absolute Gasteiger partial charge is 0.0735 e. The minimum atomic E-state index is -0.586. The summed E-state index contributed by atoms with van der Waals surface area (Å²) in [4.78, 5) is 1.96. The van der Waals surface area contributed by atoms with Crippen LogP contribution in [0.5, 0.6) is 0 Å². The highest BCUT2D eigenvalue weighted by atomic mass is 32.1. The quantitative estimate of drug-likeness (QED) is 0.206. The van der Waals surface area contributed by atoms with Gasteiger partial charge in [-0.25, -0.2) is 0 Å². The molecule has 0 spiro atoms. The molecule has 0 saturated heterocycles. The van der Waals surface area contributed by atoms with E-state index in [-0.39, 0.29) is 0 Å². The Labute approximate surface area is 240 Å². The van der Waals surface area contributed by atoms with Crippen molar-refractivity contribution in [3.8, 4) is 33.4 Å². The van der Waals surface area contributed by atoms with Gasteiger partial charge in [-0.3, -0.25) is 0 Å². The zero-order chi connectivity index (χ0) is 26.4. The van der Waals surface area contributed by atoms with Crippen molar-refractivity contribution in [3.63, 3.8) is 0 Å². The first-order valence-corrected chi connectivity index (χ1v) is 14.1. The van der Waals surface area contributed by atoms with Crippen LogP contribution in [0.4, 0.5) is 0 Å². The van der Waals surface area contributed by atoms with Crippen molar-refractivity contribution in [3.05, 3.63) is 168 Å². The second-order valence-corrected chi connectivity index (χ2v) is 10.9. The molecule has 1 aliphatic carbocycles. The fraction of sp³-hybridized carbons (Fsp3) is 0.0270. The molecule has 0 radical (unpaired) electrons. The zero-order valence-electron chi connectivity index (χ0n) is 21.3. The summed E-state index contributed by atoms with van der Waals surface area (Å²) in [5, 5.41) is 0. The fourth-order valence-electron chi connectivity index (χ4n) is 6.35. The van der Waals surface area contributed by atoms with Crippen molar-refractivity contribution >= 4 is 25.3 Å². The Balaban J connectivity index is 1.62. The molecule has 0 nitrogen and oxygen atoms in total. The SMILES string of the molecule is Sc1c(-c2ccccc2)cccc1C1(c2cccc(-c3ccccc3)c2S)c2ccccc2-c2ccccc21. The fourth-order valence-corrected chi connectivity index (χ4v) is 7.25. The average molecular weight is 535 g/mol. The Morgan fingerprint density at radius 1 is 0.308 bits per heavy atom. The van der Waals surface area contributed by atoms with E-state index in [1.807, 2.05) is 0 Å². The predicted molar refractivity (Wildman–Crippen MR) is 169 cm³/mol. The summed E-state index contributed by atoms with van der Waals surface area (Å²) in [7, 11) is 0. The monoisotopic (exact) mass is 534 g/mol. The van der Waals surface area contributed by atoms with E-state index < -0.39 is 5.41 Å². The van der Waals surface area contributed by atoms with Crippen molar-refractivity contribution < 1.29 is 0 Å². The van der Waals surface area contributed by atoms with E-state index >= 15 is 0 Å². The molecule has 0 fully saturated rings. The van der Waals surface area contributed by atoms with E-state index in [4.69, 9.17) is 25.3 Å². The third-order valence-corrected chi connectivity index (χ3v) is 8.97. The van der Waals surface area contributed by atoms with Gasteiger partial charge in [0.2, 0.25) is 0 Å². The molecule has 0 N–H and O–H groups in total. The highest BCUT2D eigenvalue weighted by Gasteiger charge is 2.48. The van der Waals surface area contributed by atoms with Gasteiger partial charge in [0, 0.05) is 9.79 Å². The van der Waals surface area contributed by atoms with Gasteiger partial charge in [0.25, 0.3) is 0 Å². The lowest BCUT2D eigenvalue weighted by Crippen LogP contribution is -2.30. The summed E-state index contributed by atoms with van der Waals surface area (Å²) < 4.78 is 0. The van der Waals surface area contributed by atoms with Gasteiger partial charge in [0.1, 0.15) is 0 Å². The number of rotatable bonds is 4. The molecule has 6 aromatic carbocycles. The second-order valence-electron chi connectivity index (χ2n) is 9.98. The Bertz CT molecular complexity index is 1680. The Hall–Kier alpha value is -3.98. The van der Waals surface area contributed by atoms with Gasteiger partial charge in [-0.2, -0.15) is 0 Å². The number of fused-ring (bicyclic) bond motifs is 3. The van der Waals surface area contributed by atoms with E-state index in [0.717, 1.165) is 43.2 Å². The number of hydrogen-bond acceptors (Lipinski definition) is 2. The van der Waals surface area contributed by atoms with Crippen molar-refractivity contribution in [1.29, 1.82) is 0 Å². The van der Waals surface area contributed by atoms with E-state index in [1.165, 1.54) is 22.3 Å². The lowest BCUT2D eigenvalue weighted by Gasteiger charge is -2.36. The van der Waals surface area contributed by atoms with Crippen LogP contribution < -0.4 is 0 Å². The summed E-state index contributed by atoms with van der Waals surface area (Å²) in [5.74, 6) is 0. The minimum absolute atomic E-state index is 0.586. The largest absolute Gasteiger partial charge is 0.142 e. The van der Waals surface area contributed by atoms with Gasteiger partial charge in [0.15, 0.2) is 0 Å². The first-order chi connectivity index (χ1) is 19.2. The van der Waals surface area contributed by atoms with Crippen LogP contribution in [0.1, 0.15) is 22.3 Å². The maximum atomic E-state index is 5.29. The average Bonchev–Trinajstić information content (AvgIpc) is 3.29. The van der Waals surface area contributed by atoms with Gasteiger partial charge >= 0.3 is 0 Å². The molecule has 0 atom stereocenters. The van der Waals surface area contributed by atoms with E-state index in [1.54, 1.807) is 0 Å². The second kappa shape index (κ2) is 9.64. The molecular formula is C37H26S2. The molecule has 0 amide bonds. The van der Waals surface area contributed by atoms with Gasteiger partial charge < -0.3 is 0 Å². The van der Waals surface area contributed by atoms with Gasteiger partial charge in [-0.1, -0.05) is 146 Å². The van der Waals surface area contributed by atoms with Crippen LogP contribution in [0.15, 0.2) is 155 Å².